The van der Waals surface area contributed by atoms with Crippen molar-refractivity contribution in [3.63, 3.8) is 0 Å². The minimum absolute atomic E-state index is 0.493. The van der Waals surface area contributed by atoms with Crippen LogP contribution in [0.5, 0.6) is 0 Å². The largest absolute Gasteiger partial charge is 0.314 e. The molecular formula is C17H32N4. The summed E-state index contributed by atoms with van der Waals surface area (Å²) in [5, 5.41) is 8.20. The Morgan fingerprint density at radius 2 is 2.19 bits per heavy atom. The molecule has 120 valence electrons. The van der Waals surface area contributed by atoms with Crippen LogP contribution in [0.1, 0.15) is 58.2 Å². The fourth-order valence-electron chi connectivity index (χ4n) is 3.49. The van der Waals surface area contributed by atoms with Gasteiger partial charge in [-0.05, 0) is 44.8 Å². The second-order valence-corrected chi connectivity index (χ2v) is 6.72. The Bertz CT molecular complexity index is 413. The molecule has 4 heteroatoms. The van der Waals surface area contributed by atoms with Crippen molar-refractivity contribution in [2.45, 2.75) is 65.1 Å². The topological polar surface area (TPSA) is 33.1 Å². The summed E-state index contributed by atoms with van der Waals surface area (Å²) in [4.78, 5) is 2.54. The van der Waals surface area contributed by atoms with Gasteiger partial charge in [0, 0.05) is 25.3 Å². The number of hydrogen-bond acceptors (Lipinski definition) is 3. The molecule has 1 aliphatic rings. The number of nitrogens with one attached hydrogen (secondary N) is 1. The molecule has 1 N–H and O–H groups in total. The van der Waals surface area contributed by atoms with Crippen molar-refractivity contribution in [1.29, 1.82) is 0 Å². The summed E-state index contributed by atoms with van der Waals surface area (Å²) in [7, 11) is 2.28. The van der Waals surface area contributed by atoms with E-state index in [0.29, 0.717) is 18.0 Å². The van der Waals surface area contributed by atoms with E-state index in [1.54, 1.807) is 0 Å². The first-order valence-electron chi connectivity index (χ1n) is 8.58. The van der Waals surface area contributed by atoms with Gasteiger partial charge in [-0.25, -0.2) is 0 Å². The Morgan fingerprint density at radius 1 is 1.38 bits per heavy atom. The number of nitrogens with zero attached hydrogens (tertiary/aromatic N) is 3. The maximum absolute atomic E-state index is 4.55. The van der Waals surface area contributed by atoms with E-state index in [2.05, 4.69) is 53.9 Å². The van der Waals surface area contributed by atoms with Gasteiger partial charge < -0.3 is 5.32 Å². The number of rotatable bonds is 6. The van der Waals surface area contributed by atoms with Crippen LogP contribution in [-0.4, -0.2) is 40.9 Å². The highest BCUT2D eigenvalue weighted by atomic mass is 15.3. The molecule has 0 aromatic carbocycles. The first-order chi connectivity index (χ1) is 10.1. The van der Waals surface area contributed by atoms with E-state index in [1.165, 1.54) is 31.5 Å². The van der Waals surface area contributed by atoms with Gasteiger partial charge in [-0.3, -0.25) is 9.58 Å². The molecule has 4 nitrogen and oxygen atoms in total. The number of aromatic nitrogens is 2. The van der Waals surface area contributed by atoms with Gasteiger partial charge in [0.25, 0.3) is 0 Å². The van der Waals surface area contributed by atoms with Crippen LogP contribution in [0.15, 0.2) is 12.3 Å². The van der Waals surface area contributed by atoms with Crippen LogP contribution in [-0.2, 0) is 6.54 Å². The molecule has 0 aliphatic carbocycles. The molecule has 1 aromatic heterocycles. The third-order valence-corrected chi connectivity index (χ3v) is 4.53. The average Bonchev–Trinajstić information content (AvgIpc) is 2.80. The zero-order valence-corrected chi connectivity index (χ0v) is 14.2. The van der Waals surface area contributed by atoms with E-state index in [-0.39, 0.29) is 0 Å². The maximum atomic E-state index is 4.55. The normalized spacial score (nSPS) is 24.4. The monoisotopic (exact) mass is 292 g/mol. The Morgan fingerprint density at radius 3 is 2.90 bits per heavy atom. The van der Waals surface area contributed by atoms with E-state index in [1.807, 2.05) is 6.20 Å². The molecule has 0 spiro atoms. The second-order valence-electron chi connectivity index (χ2n) is 6.72. The molecule has 0 bridgehead atoms. The smallest absolute Gasteiger partial charge is 0.0559 e. The second kappa shape index (κ2) is 7.95. The maximum Gasteiger partial charge on any atom is 0.0559 e. The lowest BCUT2D eigenvalue weighted by Crippen LogP contribution is -2.38. The molecule has 2 rings (SSSR count). The predicted octanol–water partition coefficient (Wildman–Crippen LogP) is 3.06. The van der Waals surface area contributed by atoms with Gasteiger partial charge in [0.15, 0.2) is 0 Å². The first kappa shape index (κ1) is 16.5. The fourth-order valence-corrected chi connectivity index (χ4v) is 3.49. The standard InChI is InChI=1S/C17H32N4/c1-5-11-21-16(9-10-19-21)17-15(13-18-14(2)3)8-6-7-12-20(17)4/h9-10,14-15,17-18H,5-8,11-13H2,1-4H3. The fraction of sp³-hybridized carbons (Fsp3) is 0.824. The predicted molar refractivity (Wildman–Crippen MR) is 88.4 cm³/mol. The van der Waals surface area contributed by atoms with Crippen LogP contribution < -0.4 is 5.32 Å². The quantitative estimate of drug-likeness (QED) is 0.875. The minimum atomic E-state index is 0.493. The summed E-state index contributed by atoms with van der Waals surface area (Å²) >= 11 is 0. The Kier molecular flexibility index (Phi) is 6.24. The molecule has 2 atom stereocenters. The van der Waals surface area contributed by atoms with Crippen molar-refractivity contribution < 1.29 is 0 Å². The lowest BCUT2D eigenvalue weighted by molar-refractivity contribution is 0.176. The van der Waals surface area contributed by atoms with Gasteiger partial charge in [0.05, 0.1) is 11.7 Å². The average molecular weight is 292 g/mol. The van der Waals surface area contributed by atoms with E-state index < -0.39 is 0 Å². The zero-order valence-electron chi connectivity index (χ0n) is 14.2. The zero-order chi connectivity index (χ0) is 15.2. The van der Waals surface area contributed by atoms with Crippen molar-refractivity contribution in [2.75, 3.05) is 20.1 Å². The number of likely N-dealkylation sites (tertiary alicyclic amines) is 1. The van der Waals surface area contributed by atoms with Crippen LogP contribution in [0.3, 0.4) is 0 Å². The highest BCUT2D eigenvalue weighted by Gasteiger charge is 2.31. The minimum Gasteiger partial charge on any atom is -0.314 e. The Labute approximate surface area is 129 Å². The molecule has 0 radical (unpaired) electrons. The van der Waals surface area contributed by atoms with E-state index in [4.69, 9.17) is 0 Å². The highest BCUT2D eigenvalue weighted by molar-refractivity contribution is 5.10. The van der Waals surface area contributed by atoms with Gasteiger partial charge in [0.1, 0.15) is 0 Å². The van der Waals surface area contributed by atoms with E-state index in [0.717, 1.165) is 19.5 Å². The van der Waals surface area contributed by atoms with Crippen LogP contribution in [0.2, 0.25) is 0 Å². The first-order valence-corrected chi connectivity index (χ1v) is 8.58. The Balaban J connectivity index is 2.21. The molecular weight excluding hydrogens is 260 g/mol. The third-order valence-electron chi connectivity index (χ3n) is 4.53. The van der Waals surface area contributed by atoms with Gasteiger partial charge in [-0.15, -0.1) is 0 Å². The molecule has 1 aromatic rings. The summed E-state index contributed by atoms with van der Waals surface area (Å²) in [5.41, 5.74) is 1.40. The van der Waals surface area contributed by atoms with Gasteiger partial charge >= 0.3 is 0 Å². The molecule has 1 aliphatic heterocycles. The summed E-state index contributed by atoms with van der Waals surface area (Å²) in [6.07, 6.45) is 7.07. The SMILES string of the molecule is CCCn1nccc1C1C(CNC(C)C)CCCCN1C. The van der Waals surface area contributed by atoms with Crippen LogP contribution in [0.25, 0.3) is 0 Å². The van der Waals surface area contributed by atoms with Crippen molar-refractivity contribution in [3.05, 3.63) is 18.0 Å². The van der Waals surface area contributed by atoms with Crippen molar-refractivity contribution in [1.82, 2.24) is 20.0 Å². The van der Waals surface area contributed by atoms with Gasteiger partial charge in [-0.2, -0.15) is 5.10 Å². The molecule has 1 fully saturated rings. The molecule has 21 heavy (non-hydrogen) atoms. The van der Waals surface area contributed by atoms with Crippen molar-refractivity contribution in [3.8, 4) is 0 Å². The summed E-state index contributed by atoms with van der Waals surface area (Å²) < 4.78 is 2.22. The lowest BCUT2D eigenvalue weighted by Gasteiger charge is -2.33. The molecule has 2 heterocycles. The van der Waals surface area contributed by atoms with Crippen molar-refractivity contribution >= 4 is 0 Å². The summed E-state index contributed by atoms with van der Waals surface area (Å²) in [6, 6.07) is 3.28. The molecule has 2 unspecified atom stereocenters. The summed E-state index contributed by atoms with van der Waals surface area (Å²) in [6.45, 7) is 10.0. The number of aryl methyl sites for hydroxylation is 1. The lowest BCUT2D eigenvalue weighted by atomic mass is 9.92. The third kappa shape index (κ3) is 4.30. The number of hydrogen-bond donors (Lipinski definition) is 1. The van der Waals surface area contributed by atoms with Gasteiger partial charge in [0.2, 0.25) is 0 Å². The summed E-state index contributed by atoms with van der Waals surface area (Å²) in [5.74, 6) is 0.673. The van der Waals surface area contributed by atoms with Gasteiger partial charge in [-0.1, -0.05) is 27.2 Å². The molecule has 1 saturated heterocycles. The van der Waals surface area contributed by atoms with E-state index in [9.17, 15) is 0 Å². The van der Waals surface area contributed by atoms with Crippen molar-refractivity contribution in [2.24, 2.45) is 5.92 Å². The highest BCUT2D eigenvalue weighted by Crippen LogP contribution is 2.33. The molecule has 0 saturated carbocycles. The molecule has 0 amide bonds. The van der Waals surface area contributed by atoms with Crippen LogP contribution in [0, 0.1) is 5.92 Å². The Hall–Kier alpha value is -0.870. The van der Waals surface area contributed by atoms with E-state index >= 15 is 0 Å². The van der Waals surface area contributed by atoms with Crippen LogP contribution >= 0.6 is 0 Å². The van der Waals surface area contributed by atoms with Crippen LogP contribution in [0.4, 0.5) is 0 Å².